The molecule has 6 heteroatoms. The van der Waals surface area contributed by atoms with Gasteiger partial charge in [-0.25, -0.2) is 15.0 Å². The van der Waals surface area contributed by atoms with Crippen molar-refractivity contribution in [2.75, 3.05) is 0 Å². The molecule has 0 bridgehead atoms. The van der Waals surface area contributed by atoms with E-state index in [1.54, 1.807) is 0 Å². The van der Waals surface area contributed by atoms with E-state index in [1.165, 1.54) is 10.8 Å². The van der Waals surface area contributed by atoms with Crippen LogP contribution < -0.4 is 0 Å². The van der Waals surface area contributed by atoms with Crippen molar-refractivity contribution in [3.05, 3.63) is 182 Å². The van der Waals surface area contributed by atoms with Gasteiger partial charge in [-0.2, -0.15) is 0 Å². The maximum Gasteiger partial charge on any atom is 0.164 e. The third-order valence-electron chi connectivity index (χ3n) is 11.0. The van der Waals surface area contributed by atoms with Gasteiger partial charge in [0.25, 0.3) is 0 Å². The summed E-state index contributed by atoms with van der Waals surface area (Å²) in [6, 6.07) is 62.7. The van der Waals surface area contributed by atoms with Gasteiger partial charge in [-0.1, -0.05) is 121 Å². The highest BCUT2D eigenvalue weighted by Gasteiger charge is 2.21. The van der Waals surface area contributed by atoms with Crippen LogP contribution in [0.25, 0.3) is 117 Å². The number of hydrogen-bond acceptors (Lipinski definition) is 5. The SMILES string of the molecule is c1ccc(-c2nc(-c3cc(-c4ccc5c(c4)c4ccccc4n5-c4ccccc4)c4c(c3)oc3ccccc34)nc(-c3cccc4oc5ccccc5c34)n2)cc1. The van der Waals surface area contributed by atoms with Crippen LogP contribution in [0.3, 0.4) is 0 Å². The summed E-state index contributed by atoms with van der Waals surface area (Å²) in [5, 5.41) is 6.46. The molecule has 57 heavy (non-hydrogen) atoms. The second-order valence-electron chi connectivity index (χ2n) is 14.4. The summed E-state index contributed by atoms with van der Waals surface area (Å²) in [6.07, 6.45) is 0. The molecule has 6 nitrogen and oxygen atoms in total. The number of aromatic nitrogens is 4. The summed E-state index contributed by atoms with van der Waals surface area (Å²) in [4.78, 5) is 15.5. The van der Waals surface area contributed by atoms with Crippen LogP contribution in [0.1, 0.15) is 0 Å². The summed E-state index contributed by atoms with van der Waals surface area (Å²) in [7, 11) is 0. The highest BCUT2D eigenvalue weighted by atomic mass is 16.3. The maximum absolute atomic E-state index is 6.63. The molecule has 4 heterocycles. The molecule has 0 atom stereocenters. The van der Waals surface area contributed by atoms with Crippen molar-refractivity contribution < 1.29 is 8.83 Å². The van der Waals surface area contributed by atoms with Gasteiger partial charge in [-0.15, -0.1) is 0 Å². The van der Waals surface area contributed by atoms with E-state index in [0.29, 0.717) is 17.5 Å². The van der Waals surface area contributed by atoms with Gasteiger partial charge < -0.3 is 13.4 Å². The van der Waals surface area contributed by atoms with E-state index in [-0.39, 0.29) is 0 Å². The molecule has 0 amide bonds. The first kappa shape index (κ1) is 31.5. The summed E-state index contributed by atoms with van der Waals surface area (Å²) in [5.41, 5.74) is 11.3. The molecule has 0 radical (unpaired) electrons. The zero-order valence-electron chi connectivity index (χ0n) is 30.4. The Kier molecular flexibility index (Phi) is 6.83. The van der Waals surface area contributed by atoms with Crippen molar-refractivity contribution in [3.63, 3.8) is 0 Å². The van der Waals surface area contributed by atoms with Crippen molar-refractivity contribution >= 4 is 65.7 Å². The van der Waals surface area contributed by atoms with Gasteiger partial charge in [-0.3, -0.25) is 0 Å². The predicted molar refractivity (Wildman–Crippen MR) is 230 cm³/mol. The van der Waals surface area contributed by atoms with Crippen LogP contribution in [0, 0.1) is 0 Å². The molecular formula is C51H30N4O2. The number of hydrogen-bond donors (Lipinski definition) is 0. The predicted octanol–water partition coefficient (Wildman–Crippen LogP) is 13.4. The zero-order chi connectivity index (χ0) is 37.5. The van der Waals surface area contributed by atoms with Crippen LogP contribution in [-0.2, 0) is 0 Å². The van der Waals surface area contributed by atoms with Crippen molar-refractivity contribution in [2.45, 2.75) is 0 Å². The normalized spacial score (nSPS) is 11.9. The minimum absolute atomic E-state index is 0.550. The third kappa shape index (κ3) is 4.94. The standard InChI is InChI=1S/C51H30N4O2/c1-3-14-31(15-4-1)49-52-50(54-51(53-49)38-21-13-25-45-47(38)36-19-8-11-23-43(36)56-45)33-29-39(48-37-20-9-12-24-44(37)57-46(48)30-33)32-26-27-42-40(28-32)35-18-7-10-22-41(35)55(42)34-16-5-2-6-17-34/h1-30H. The van der Waals surface area contributed by atoms with Gasteiger partial charge in [0.05, 0.1) is 11.0 Å². The van der Waals surface area contributed by atoms with Crippen molar-refractivity contribution in [3.8, 4) is 51.0 Å². The van der Waals surface area contributed by atoms with E-state index >= 15 is 0 Å². The van der Waals surface area contributed by atoms with Gasteiger partial charge >= 0.3 is 0 Å². The molecule has 12 rings (SSSR count). The molecule has 0 aliphatic rings. The molecule has 0 spiro atoms. The van der Waals surface area contributed by atoms with Crippen molar-refractivity contribution in [2.24, 2.45) is 0 Å². The Morgan fingerprint density at radius 2 is 0.912 bits per heavy atom. The highest BCUT2D eigenvalue weighted by molar-refractivity contribution is 6.16. The highest BCUT2D eigenvalue weighted by Crippen LogP contribution is 2.43. The van der Waals surface area contributed by atoms with Crippen LogP contribution in [0.4, 0.5) is 0 Å². The lowest BCUT2D eigenvalue weighted by Gasteiger charge is -2.12. The largest absolute Gasteiger partial charge is 0.456 e. The number of furan rings is 2. The molecule has 0 saturated heterocycles. The smallest absolute Gasteiger partial charge is 0.164 e. The van der Waals surface area contributed by atoms with Gasteiger partial charge in [0, 0.05) is 54.7 Å². The summed E-state index contributed by atoms with van der Waals surface area (Å²) >= 11 is 0. The molecule has 8 aromatic carbocycles. The van der Waals surface area contributed by atoms with Gasteiger partial charge in [0.2, 0.25) is 0 Å². The molecule has 0 fully saturated rings. The van der Waals surface area contributed by atoms with Gasteiger partial charge in [0.1, 0.15) is 22.3 Å². The van der Waals surface area contributed by atoms with Crippen LogP contribution >= 0.6 is 0 Å². The van der Waals surface area contributed by atoms with Crippen LogP contribution in [0.15, 0.2) is 191 Å². The second kappa shape index (κ2) is 12.3. The van der Waals surface area contributed by atoms with Crippen molar-refractivity contribution in [1.82, 2.24) is 19.5 Å². The fourth-order valence-electron chi connectivity index (χ4n) is 8.51. The minimum atomic E-state index is 0.550. The zero-order valence-corrected chi connectivity index (χ0v) is 30.4. The van der Waals surface area contributed by atoms with Crippen molar-refractivity contribution in [1.29, 1.82) is 0 Å². The first-order valence-electron chi connectivity index (χ1n) is 19.0. The van der Waals surface area contributed by atoms with E-state index in [0.717, 1.165) is 88.4 Å². The quantitative estimate of drug-likeness (QED) is 0.176. The molecule has 0 N–H and O–H groups in total. The number of para-hydroxylation sites is 4. The van der Waals surface area contributed by atoms with E-state index in [9.17, 15) is 0 Å². The fourth-order valence-corrected chi connectivity index (χ4v) is 8.51. The first-order valence-corrected chi connectivity index (χ1v) is 19.0. The van der Waals surface area contributed by atoms with Gasteiger partial charge in [-0.05, 0) is 71.8 Å². The fraction of sp³-hybridized carbons (Fsp3) is 0. The molecule has 4 aromatic heterocycles. The lowest BCUT2D eigenvalue weighted by atomic mass is 9.95. The topological polar surface area (TPSA) is 69.9 Å². The van der Waals surface area contributed by atoms with Crippen LogP contribution in [-0.4, -0.2) is 19.5 Å². The average molecular weight is 731 g/mol. The Labute approximate surface area is 325 Å². The lowest BCUT2D eigenvalue weighted by molar-refractivity contribution is 0.668. The Morgan fingerprint density at radius 1 is 0.333 bits per heavy atom. The van der Waals surface area contributed by atoms with E-state index < -0.39 is 0 Å². The Hall–Kier alpha value is -7.83. The number of benzene rings is 8. The Morgan fingerprint density at radius 3 is 1.68 bits per heavy atom. The summed E-state index contributed by atoms with van der Waals surface area (Å²) < 4.78 is 15.3. The summed E-state index contributed by atoms with van der Waals surface area (Å²) in [6.45, 7) is 0. The summed E-state index contributed by atoms with van der Waals surface area (Å²) in [5.74, 6) is 1.70. The Balaban J connectivity index is 1.13. The second-order valence-corrected chi connectivity index (χ2v) is 14.4. The Bertz CT molecular complexity index is 3530. The van der Waals surface area contributed by atoms with E-state index in [4.69, 9.17) is 23.8 Å². The molecule has 0 aliphatic carbocycles. The molecule has 12 aromatic rings. The molecule has 0 saturated carbocycles. The third-order valence-corrected chi connectivity index (χ3v) is 11.0. The average Bonchev–Trinajstić information content (AvgIpc) is 3.96. The lowest BCUT2D eigenvalue weighted by Crippen LogP contribution is -2.00. The maximum atomic E-state index is 6.63. The number of rotatable bonds is 5. The number of nitrogens with zero attached hydrogens (tertiary/aromatic N) is 4. The molecule has 0 aliphatic heterocycles. The first-order chi connectivity index (χ1) is 28.2. The van der Waals surface area contributed by atoms with E-state index in [2.05, 4.69) is 114 Å². The molecule has 0 unspecified atom stereocenters. The minimum Gasteiger partial charge on any atom is -0.456 e. The molecular weight excluding hydrogens is 701 g/mol. The van der Waals surface area contributed by atoms with Gasteiger partial charge in [0.15, 0.2) is 17.5 Å². The van der Waals surface area contributed by atoms with E-state index in [1.807, 2.05) is 72.8 Å². The number of fused-ring (bicyclic) bond motifs is 9. The monoisotopic (exact) mass is 730 g/mol. The van der Waals surface area contributed by atoms with Crippen LogP contribution in [0.2, 0.25) is 0 Å². The molecule has 266 valence electrons. The van der Waals surface area contributed by atoms with Crippen LogP contribution in [0.5, 0.6) is 0 Å².